The third-order valence-corrected chi connectivity index (χ3v) is 0.961. The summed E-state index contributed by atoms with van der Waals surface area (Å²) >= 11 is 0. The van der Waals surface area contributed by atoms with Crippen molar-refractivity contribution in [2.75, 3.05) is 13.3 Å². The van der Waals surface area contributed by atoms with E-state index in [4.69, 9.17) is 0 Å². The molecule has 0 unspecified atom stereocenters. The monoisotopic (exact) mass is 164 g/mol. The molecule has 0 saturated carbocycles. The Bertz CT molecular complexity index is 156. The number of rotatable bonds is 4. The van der Waals surface area contributed by atoms with Gasteiger partial charge in [-0.25, -0.2) is 8.42 Å². The maximum atomic E-state index is 11.2. The van der Waals surface area contributed by atoms with Crippen LogP contribution in [0.3, 0.4) is 0 Å². The first-order chi connectivity index (χ1) is 4.06. The van der Waals surface area contributed by atoms with E-state index in [1.807, 2.05) is 0 Å². The van der Waals surface area contributed by atoms with Crippen molar-refractivity contribution in [1.82, 2.24) is 0 Å². The molecule has 7 heteroatoms. The Kier molecular flexibility index (Phi) is 7.98. The van der Waals surface area contributed by atoms with E-state index in [0.717, 1.165) is 0 Å². The molecule has 0 aliphatic heterocycles. The van der Waals surface area contributed by atoms with Crippen molar-refractivity contribution in [3.8, 4) is 0 Å². The second kappa shape index (κ2) is 6.13. The smallest absolute Gasteiger partial charge is 0.726 e. The normalized spacial score (nSPS) is 10.6. The predicted molar refractivity (Wildman–Crippen MR) is 26.2 cm³/mol. The molecular weight excluding hydrogens is 158 g/mol. The van der Waals surface area contributed by atoms with Crippen LogP contribution in [0.5, 0.6) is 0 Å². The second-order valence-corrected chi connectivity index (χ2v) is 2.32. The molecule has 4 nitrogen and oxygen atoms in total. The quantitative estimate of drug-likeness (QED) is 0.190. The standard InChI is InChI=1S/C3H7FO4S.Li/c4-2-1-3-8-9(5,6)7;/h1-3H2,(H,5,6,7);/q;+1/p-1. The van der Waals surface area contributed by atoms with Crippen molar-refractivity contribution in [2.45, 2.75) is 6.42 Å². The van der Waals surface area contributed by atoms with Crippen molar-refractivity contribution in [3.63, 3.8) is 0 Å². The van der Waals surface area contributed by atoms with E-state index in [1.165, 1.54) is 0 Å². The number of halogens is 1. The van der Waals surface area contributed by atoms with Gasteiger partial charge < -0.3 is 4.55 Å². The summed E-state index contributed by atoms with van der Waals surface area (Å²) in [7, 11) is -4.61. The largest absolute Gasteiger partial charge is 1.00 e. The second-order valence-electron chi connectivity index (χ2n) is 1.27. The van der Waals surface area contributed by atoms with E-state index in [2.05, 4.69) is 4.18 Å². The molecule has 0 rings (SSSR count). The molecule has 0 radical (unpaired) electrons. The van der Waals surface area contributed by atoms with Crippen LogP contribution in [0.2, 0.25) is 0 Å². The molecule has 0 atom stereocenters. The fraction of sp³-hybridized carbons (Fsp3) is 1.00. The SMILES string of the molecule is O=S(=O)([O-])OCCCF.[Li+]. The van der Waals surface area contributed by atoms with Crippen molar-refractivity contribution in [3.05, 3.63) is 0 Å². The molecule has 0 heterocycles. The molecule has 0 saturated heterocycles. The third-order valence-electron chi connectivity index (χ3n) is 0.506. The number of hydrogen-bond donors (Lipinski definition) is 0. The van der Waals surface area contributed by atoms with Crippen LogP contribution in [0.1, 0.15) is 6.42 Å². The van der Waals surface area contributed by atoms with Gasteiger partial charge in [-0.3, -0.25) is 8.57 Å². The topological polar surface area (TPSA) is 66.4 Å². The zero-order valence-corrected chi connectivity index (χ0v) is 6.36. The van der Waals surface area contributed by atoms with Crippen LogP contribution >= 0.6 is 0 Å². The minimum absolute atomic E-state index is 0. The summed E-state index contributed by atoms with van der Waals surface area (Å²) in [5.41, 5.74) is 0. The first-order valence-electron chi connectivity index (χ1n) is 2.22. The summed E-state index contributed by atoms with van der Waals surface area (Å²) in [4.78, 5) is 0. The van der Waals surface area contributed by atoms with Crippen LogP contribution in [0, 0.1) is 0 Å². The predicted octanol–water partition coefficient (Wildman–Crippen LogP) is -3.17. The molecule has 0 N–H and O–H groups in total. The molecule has 0 aromatic carbocycles. The van der Waals surface area contributed by atoms with E-state index in [0.29, 0.717) is 0 Å². The Morgan fingerprint density at radius 3 is 2.30 bits per heavy atom. The average molecular weight is 164 g/mol. The Balaban J connectivity index is 0. The van der Waals surface area contributed by atoms with Crippen molar-refractivity contribution in [1.29, 1.82) is 0 Å². The van der Waals surface area contributed by atoms with Crippen LogP contribution in [-0.4, -0.2) is 26.3 Å². The van der Waals surface area contributed by atoms with Gasteiger partial charge in [0.15, 0.2) is 0 Å². The number of hydrogen-bond acceptors (Lipinski definition) is 4. The van der Waals surface area contributed by atoms with Crippen LogP contribution in [-0.2, 0) is 14.6 Å². The van der Waals surface area contributed by atoms with Gasteiger partial charge in [0.2, 0.25) is 10.4 Å². The molecule has 0 aliphatic rings. The Labute approximate surface area is 70.9 Å². The summed E-state index contributed by atoms with van der Waals surface area (Å²) in [5, 5.41) is 0. The average Bonchev–Trinajstić information content (AvgIpc) is 1.63. The summed E-state index contributed by atoms with van der Waals surface area (Å²) in [6.45, 7) is -1.06. The van der Waals surface area contributed by atoms with Gasteiger partial charge in [-0.1, -0.05) is 0 Å². The molecule has 0 spiro atoms. The van der Waals surface area contributed by atoms with E-state index in [-0.39, 0.29) is 31.9 Å². The van der Waals surface area contributed by atoms with Crippen LogP contribution in [0.4, 0.5) is 4.39 Å². The molecular formula is C3H6FLiO4S. The first kappa shape index (κ1) is 13.0. The minimum atomic E-state index is -4.61. The Morgan fingerprint density at radius 1 is 1.50 bits per heavy atom. The molecule has 0 aliphatic carbocycles. The fourth-order valence-corrected chi connectivity index (χ4v) is 0.538. The van der Waals surface area contributed by atoms with Gasteiger partial charge in [0, 0.05) is 6.42 Å². The Hall–Kier alpha value is 0.397. The van der Waals surface area contributed by atoms with Gasteiger partial charge in [0.05, 0.1) is 13.3 Å². The maximum Gasteiger partial charge on any atom is 1.00 e. The molecule has 0 fully saturated rings. The van der Waals surface area contributed by atoms with Crippen LogP contribution in [0.15, 0.2) is 0 Å². The van der Waals surface area contributed by atoms with Crippen molar-refractivity contribution >= 4 is 10.4 Å². The van der Waals surface area contributed by atoms with Gasteiger partial charge in [-0.15, -0.1) is 0 Å². The summed E-state index contributed by atoms with van der Waals surface area (Å²) < 4.78 is 43.7. The van der Waals surface area contributed by atoms with Crippen LogP contribution < -0.4 is 18.9 Å². The van der Waals surface area contributed by atoms with Crippen LogP contribution in [0.25, 0.3) is 0 Å². The fourth-order valence-electron chi connectivity index (χ4n) is 0.216. The number of alkyl halides is 1. The van der Waals surface area contributed by atoms with E-state index in [1.54, 1.807) is 0 Å². The molecule has 0 amide bonds. The van der Waals surface area contributed by atoms with E-state index >= 15 is 0 Å². The zero-order chi connectivity index (χ0) is 7.33. The first-order valence-corrected chi connectivity index (χ1v) is 3.56. The van der Waals surface area contributed by atoms with Crippen molar-refractivity contribution < 1.29 is 40.4 Å². The molecule has 0 aromatic rings. The Morgan fingerprint density at radius 2 is 2.00 bits per heavy atom. The van der Waals surface area contributed by atoms with E-state index < -0.39 is 17.1 Å². The van der Waals surface area contributed by atoms with Gasteiger partial charge in [-0.2, -0.15) is 0 Å². The summed E-state index contributed by atoms with van der Waals surface area (Å²) in [6.07, 6.45) is -0.0680. The molecule has 0 aromatic heterocycles. The van der Waals surface area contributed by atoms with Gasteiger partial charge in [-0.05, 0) is 0 Å². The van der Waals surface area contributed by atoms with Gasteiger partial charge in [0.25, 0.3) is 0 Å². The summed E-state index contributed by atoms with van der Waals surface area (Å²) in [6, 6.07) is 0. The van der Waals surface area contributed by atoms with Gasteiger partial charge in [0.1, 0.15) is 0 Å². The third kappa shape index (κ3) is 11.2. The molecule has 10 heavy (non-hydrogen) atoms. The van der Waals surface area contributed by atoms with E-state index in [9.17, 15) is 17.4 Å². The molecule has 56 valence electrons. The van der Waals surface area contributed by atoms with Gasteiger partial charge >= 0.3 is 18.9 Å². The zero-order valence-electron chi connectivity index (χ0n) is 5.54. The molecule has 0 bridgehead atoms. The maximum absolute atomic E-state index is 11.2. The summed E-state index contributed by atoms with van der Waals surface area (Å²) in [5.74, 6) is 0. The van der Waals surface area contributed by atoms with Crippen molar-refractivity contribution in [2.24, 2.45) is 0 Å². The minimum Gasteiger partial charge on any atom is -0.726 e.